The van der Waals surface area contributed by atoms with E-state index in [1.54, 1.807) is 6.20 Å². The minimum atomic E-state index is -0.120. The van der Waals surface area contributed by atoms with Gasteiger partial charge in [-0.2, -0.15) is 0 Å². The van der Waals surface area contributed by atoms with E-state index in [0.29, 0.717) is 5.56 Å². The van der Waals surface area contributed by atoms with Gasteiger partial charge in [0.1, 0.15) is 0 Å². The van der Waals surface area contributed by atoms with E-state index >= 15 is 0 Å². The number of amides is 1. The molecule has 0 saturated heterocycles. The summed E-state index contributed by atoms with van der Waals surface area (Å²) in [6.07, 6.45) is 6.93. The first-order valence-electron chi connectivity index (χ1n) is 9.83. The van der Waals surface area contributed by atoms with Crippen molar-refractivity contribution in [1.29, 1.82) is 0 Å². The molecule has 0 aliphatic carbocycles. The molecule has 0 unspecified atom stereocenters. The minimum Gasteiger partial charge on any atom is -0.339 e. The van der Waals surface area contributed by atoms with Gasteiger partial charge in [0.2, 0.25) is 0 Å². The van der Waals surface area contributed by atoms with Crippen molar-refractivity contribution in [2.45, 2.75) is 33.1 Å². The predicted octanol–water partition coefficient (Wildman–Crippen LogP) is 5.97. The van der Waals surface area contributed by atoms with Crippen LogP contribution in [0.3, 0.4) is 0 Å². The minimum absolute atomic E-state index is 0.120. The number of pyridine rings is 1. The molecule has 1 aromatic heterocycles. The van der Waals surface area contributed by atoms with E-state index in [4.69, 9.17) is 0 Å². The first-order chi connectivity index (χ1) is 13.7. The maximum absolute atomic E-state index is 12.7. The second-order valence-electron chi connectivity index (χ2n) is 6.91. The number of carbonyl (C=O) groups excluding carboxylic acids is 1. The highest BCUT2D eigenvalue weighted by Gasteiger charge is 2.16. The van der Waals surface area contributed by atoms with E-state index in [9.17, 15) is 4.79 Å². The molecule has 0 fully saturated rings. The number of anilines is 3. The maximum atomic E-state index is 12.7. The van der Waals surface area contributed by atoms with Crippen LogP contribution in [0, 0.1) is 6.92 Å². The highest BCUT2D eigenvalue weighted by molar-refractivity contribution is 6.06. The van der Waals surface area contributed by atoms with E-state index in [-0.39, 0.29) is 5.91 Å². The van der Waals surface area contributed by atoms with Crippen molar-refractivity contribution in [3.05, 3.63) is 84.2 Å². The van der Waals surface area contributed by atoms with Crippen LogP contribution < -0.4 is 10.2 Å². The maximum Gasteiger partial charge on any atom is 0.255 e. The SMILES string of the molecule is CCCCCN(c1ccc(C)cc1)c1cnccc1NC(=O)c1ccccc1. The molecule has 0 radical (unpaired) electrons. The quantitative estimate of drug-likeness (QED) is 0.495. The third-order valence-electron chi connectivity index (χ3n) is 4.71. The van der Waals surface area contributed by atoms with Crippen LogP contribution in [-0.2, 0) is 0 Å². The Morgan fingerprint density at radius 1 is 1.00 bits per heavy atom. The van der Waals surface area contributed by atoms with Crippen molar-refractivity contribution in [2.75, 3.05) is 16.8 Å². The number of unbranched alkanes of at least 4 members (excludes halogenated alkanes) is 2. The van der Waals surface area contributed by atoms with Crippen LogP contribution in [0.25, 0.3) is 0 Å². The first kappa shape index (κ1) is 19.6. The number of rotatable bonds is 8. The molecular formula is C24H27N3O. The van der Waals surface area contributed by atoms with Crippen LogP contribution in [0.2, 0.25) is 0 Å². The predicted molar refractivity (Wildman–Crippen MR) is 116 cm³/mol. The summed E-state index contributed by atoms with van der Waals surface area (Å²) < 4.78 is 0. The lowest BCUT2D eigenvalue weighted by atomic mass is 10.1. The summed E-state index contributed by atoms with van der Waals surface area (Å²) in [6, 6.07) is 19.6. The van der Waals surface area contributed by atoms with Crippen LogP contribution >= 0.6 is 0 Å². The lowest BCUT2D eigenvalue weighted by Gasteiger charge is -2.27. The molecule has 144 valence electrons. The van der Waals surface area contributed by atoms with Crippen molar-refractivity contribution in [2.24, 2.45) is 0 Å². The van der Waals surface area contributed by atoms with Gasteiger partial charge in [-0.05, 0) is 43.7 Å². The average Bonchev–Trinajstić information content (AvgIpc) is 2.73. The van der Waals surface area contributed by atoms with Gasteiger partial charge in [0.15, 0.2) is 0 Å². The van der Waals surface area contributed by atoms with Crippen molar-refractivity contribution >= 4 is 23.0 Å². The summed E-state index contributed by atoms with van der Waals surface area (Å²) >= 11 is 0. The summed E-state index contributed by atoms with van der Waals surface area (Å²) in [7, 11) is 0. The smallest absolute Gasteiger partial charge is 0.255 e. The second kappa shape index (κ2) is 9.70. The Balaban J connectivity index is 1.91. The summed E-state index contributed by atoms with van der Waals surface area (Å²) in [5, 5.41) is 3.06. The molecule has 1 amide bonds. The third-order valence-corrected chi connectivity index (χ3v) is 4.71. The Bertz CT molecular complexity index is 891. The number of hydrogen-bond donors (Lipinski definition) is 1. The van der Waals surface area contributed by atoms with Crippen LogP contribution in [-0.4, -0.2) is 17.4 Å². The first-order valence-corrected chi connectivity index (χ1v) is 9.83. The van der Waals surface area contributed by atoms with Gasteiger partial charge < -0.3 is 10.2 Å². The molecule has 28 heavy (non-hydrogen) atoms. The number of carbonyl (C=O) groups is 1. The molecule has 0 saturated carbocycles. The Morgan fingerprint density at radius 2 is 1.75 bits per heavy atom. The van der Waals surface area contributed by atoms with Crippen molar-refractivity contribution in [3.8, 4) is 0 Å². The summed E-state index contributed by atoms with van der Waals surface area (Å²) in [5.41, 5.74) is 4.64. The van der Waals surface area contributed by atoms with Gasteiger partial charge in [-0.15, -0.1) is 0 Å². The number of aromatic nitrogens is 1. The van der Waals surface area contributed by atoms with Gasteiger partial charge in [-0.1, -0.05) is 55.7 Å². The standard InChI is InChI=1S/C24H27N3O/c1-3-4-8-17-27(21-13-11-19(2)12-14-21)23-18-25-16-15-22(23)26-24(28)20-9-6-5-7-10-20/h5-7,9-16,18H,3-4,8,17H2,1-2H3,(H,25,26,28). The molecule has 4 nitrogen and oxygen atoms in total. The summed E-state index contributed by atoms with van der Waals surface area (Å²) in [6.45, 7) is 5.16. The normalized spacial score (nSPS) is 10.5. The van der Waals surface area contributed by atoms with E-state index in [0.717, 1.165) is 42.9 Å². The fourth-order valence-electron chi connectivity index (χ4n) is 3.12. The molecule has 0 aliphatic rings. The number of hydrogen-bond acceptors (Lipinski definition) is 3. The topological polar surface area (TPSA) is 45.2 Å². The van der Waals surface area contributed by atoms with E-state index in [2.05, 4.69) is 53.3 Å². The van der Waals surface area contributed by atoms with Gasteiger partial charge in [0, 0.05) is 24.0 Å². The molecule has 3 rings (SSSR count). The second-order valence-corrected chi connectivity index (χ2v) is 6.91. The largest absolute Gasteiger partial charge is 0.339 e. The zero-order chi connectivity index (χ0) is 19.8. The fraction of sp³-hybridized carbons (Fsp3) is 0.250. The van der Waals surface area contributed by atoms with Crippen LogP contribution in [0.5, 0.6) is 0 Å². The number of nitrogens with zero attached hydrogens (tertiary/aromatic N) is 2. The van der Waals surface area contributed by atoms with E-state index in [1.807, 2.05) is 42.6 Å². The molecule has 1 N–H and O–H groups in total. The highest BCUT2D eigenvalue weighted by Crippen LogP contribution is 2.32. The lowest BCUT2D eigenvalue weighted by molar-refractivity contribution is 0.102. The van der Waals surface area contributed by atoms with Crippen molar-refractivity contribution < 1.29 is 4.79 Å². The molecular weight excluding hydrogens is 346 g/mol. The Morgan fingerprint density at radius 3 is 2.46 bits per heavy atom. The monoisotopic (exact) mass is 373 g/mol. The van der Waals surface area contributed by atoms with E-state index in [1.165, 1.54) is 5.56 Å². The molecule has 0 atom stereocenters. The van der Waals surface area contributed by atoms with E-state index < -0.39 is 0 Å². The molecule has 0 aliphatic heterocycles. The summed E-state index contributed by atoms with van der Waals surface area (Å²) in [5.74, 6) is -0.120. The average molecular weight is 374 g/mol. The molecule has 1 heterocycles. The van der Waals surface area contributed by atoms with Gasteiger partial charge in [0.05, 0.1) is 17.6 Å². The Kier molecular flexibility index (Phi) is 6.79. The van der Waals surface area contributed by atoms with Crippen LogP contribution in [0.4, 0.5) is 17.1 Å². The van der Waals surface area contributed by atoms with Crippen molar-refractivity contribution in [3.63, 3.8) is 0 Å². The molecule has 0 spiro atoms. The molecule has 0 bridgehead atoms. The highest BCUT2D eigenvalue weighted by atomic mass is 16.1. The van der Waals surface area contributed by atoms with Crippen molar-refractivity contribution in [1.82, 2.24) is 4.98 Å². The van der Waals surface area contributed by atoms with Crippen LogP contribution in [0.15, 0.2) is 73.1 Å². The summed E-state index contributed by atoms with van der Waals surface area (Å²) in [4.78, 5) is 19.2. The van der Waals surface area contributed by atoms with Gasteiger partial charge >= 0.3 is 0 Å². The zero-order valence-corrected chi connectivity index (χ0v) is 16.6. The number of nitrogens with one attached hydrogen (secondary N) is 1. The molecule has 2 aromatic carbocycles. The third kappa shape index (κ3) is 4.97. The fourth-order valence-corrected chi connectivity index (χ4v) is 3.12. The lowest BCUT2D eigenvalue weighted by Crippen LogP contribution is -2.21. The number of aryl methyl sites for hydroxylation is 1. The van der Waals surface area contributed by atoms with Gasteiger partial charge in [-0.3, -0.25) is 9.78 Å². The Labute approximate surface area is 167 Å². The molecule has 4 heteroatoms. The Hall–Kier alpha value is -3.14. The zero-order valence-electron chi connectivity index (χ0n) is 16.6. The molecule has 3 aromatic rings. The van der Waals surface area contributed by atoms with Crippen LogP contribution in [0.1, 0.15) is 42.1 Å². The van der Waals surface area contributed by atoms with Gasteiger partial charge in [-0.25, -0.2) is 0 Å². The number of benzene rings is 2. The van der Waals surface area contributed by atoms with Gasteiger partial charge in [0.25, 0.3) is 5.91 Å².